The molecule has 20 heavy (non-hydrogen) atoms. The summed E-state index contributed by atoms with van der Waals surface area (Å²) in [6.45, 7) is 0.389. The van der Waals surface area contributed by atoms with Crippen LogP contribution in [0, 0.1) is 0 Å². The Kier molecular flexibility index (Phi) is 4.51. The number of nitrogens with one attached hydrogen (secondary N) is 1. The van der Waals surface area contributed by atoms with Gasteiger partial charge >= 0.3 is 0 Å². The lowest BCUT2D eigenvalue weighted by atomic mass is 10.2. The molecule has 1 aliphatic rings. The molecule has 3 N–H and O–H groups in total. The molecule has 2 rings (SSSR count). The maximum Gasteiger partial charge on any atom is 0.258 e. The SMILES string of the molecule is CS(=O)(=O)C1CSCCN1C(=O)c1cnccc1NN. The molecule has 1 aromatic rings. The minimum absolute atomic E-state index is 0.274. The number of nitrogen functional groups attached to an aromatic ring is 1. The highest BCUT2D eigenvalue weighted by molar-refractivity contribution is 8.00. The van der Waals surface area contributed by atoms with E-state index in [1.807, 2.05) is 0 Å². The predicted molar refractivity (Wildman–Crippen MR) is 79.0 cm³/mol. The summed E-state index contributed by atoms with van der Waals surface area (Å²) >= 11 is 1.53. The molecule has 1 atom stereocenters. The number of sulfone groups is 1. The number of nitrogens with zero attached hydrogens (tertiary/aromatic N) is 2. The predicted octanol–water partition coefficient (Wildman–Crippen LogP) is -0.0731. The third-order valence-corrected chi connectivity index (χ3v) is 5.69. The van der Waals surface area contributed by atoms with Gasteiger partial charge < -0.3 is 10.3 Å². The van der Waals surface area contributed by atoms with E-state index < -0.39 is 15.2 Å². The standard InChI is InChI=1S/C11H16N4O3S2/c1-20(17,18)10-7-19-5-4-15(10)11(16)8-6-13-3-2-9(8)14-12/h2-3,6,10H,4-5,7,12H2,1H3,(H,13,14). The fourth-order valence-corrected chi connectivity index (χ4v) is 4.83. The van der Waals surface area contributed by atoms with E-state index in [1.165, 1.54) is 29.1 Å². The quantitative estimate of drug-likeness (QED) is 0.594. The molecule has 0 saturated carbocycles. The summed E-state index contributed by atoms with van der Waals surface area (Å²) in [7, 11) is -3.34. The Balaban J connectivity index is 2.35. The Morgan fingerprint density at radius 1 is 1.60 bits per heavy atom. The summed E-state index contributed by atoms with van der Waals surface area (Å²) in [5, 5.41) is -0.806. The topological polar surface area (TPSA) is 105 Å². The highest BCUT2D eigenvalue weighted by atomic mass is 32.2. The van der Waals surface area contributed by atoms with Crippen LogP contribution in [0.4, 0.5) is 5.69 Å². The van der Waals surface area contributed by atoms with Crippen molar-refractivity contribution >= 4 is 33.2 Å². The van der Waals surface area contributed by atoms with E-state index in [2.05, 4.69) is 10.4 Å². The second-order valence-corrected chi connectivity index (χ2v) is 7.78. The lowest BCUT2D eigenvalue weighted by Gasteiger charge is -2.34. The number of nitrogens with two attached hydrogens (primary N) is 1. The average molecular weight is 316 g/mol. The van der Waals surface area contributed by atoms with Crippen LogP contribution in [0.3, 0.4) is 0 Å². The monoisotopic (exact) mass is 316 g/mol. The van der Waals surface area contributed by atoms with Gasteiger partial charge in [0.05, 0.1) is 11.3 Å². The zero-order chi connectivity index (χ0) is 14.8. The molecule has 1 unspecified atom stereocenters. The number of rotatable bonds is 3. The van der Waals surface area contributed by atoms with Crippen LogP contribution in [0.2, 0.25) is 0 Å². The van der Waals surface area contributed by atoms with Crippen LogP contribution < -0.4 is 11.3 Å². The fraction of sp³-hybridized carbons (Fsp3) is 0.455. The van der Waals surface area contributed by atoms with Gasteiger partial charge in [-0.25, -0.2) is 8.42 Å². The van der Waals surface area contributed by atoms with E-state index in [0.29, 0.717) is 23.7 Å². The molecule has 1 amide bonds. The van der Waals surface area contributed by atoms with Crippen molar-refractivity contribution in [1.29, 1.82) is 0 Å². The number of thioether (sulfide) groups is 1. The summed E-state index contributed by atoms with van der Waals surface area (Å²) in [5.41, 5.74) is 3.13. The van der Waals surface area contributed by atoms with E-state index in [4.69, 9.17) is 5.84 Å². The molecule has 0 aliphatic carbocycles. The summed E-state index contributed by atoms with van der Waals surface area (Å²) in [4.78, 5) is 17.8. The lowest BCUT2D eigenvalue weighted by molar-refractivity contribution is 0.0750. The molecule has 7 nitrogen and oxygen atoms in total. The maximum atomic E-state index is 12.6. The first kappa shape index (κ1) is 15.1. The normalized spacial score (nSPS) is 19.7. The van der Waals surface area contributed by atoms with Gasteiger partial charge in [0.1, 0.15) is 5.37 Å². The lowest BCUT2D eigenvalue weighted by Crippen LogP contribution is -2.50. The van der Waals surface area contributed by atoms with Crippen LogP contribution in [0.5, 0.6) is 0 Å². The third-order valence-electron chi connectivity index (χ3n) is 3.05. The van der Waals surface area contributed by atoms with Crippen LogP contribution in [-0.4, -0.2) is 53.9 Å². The second kappa shape index (κ2) is 5.98. The molecule has 2 heterocycles. The number of pyridine rings is 1. The number of carbonyl (C=O) groups excluding carboxylic acids is 1. The van der Waals surface area contributed by atoms with Crippen molar-refractivity contribution in [2.24, 2.45) is 5.84 Å². The van der Waals surface area contributed by atoms with E-state index in [9.17, 15) is 13.2 Å². The summed E-state index contributed by atoms with van der Waals surface area (Å²) in [6.07, 6.45) is 4.04. The van der Waals surface area contributed by atoms with E-state index in [-0.39, 0.29) is 11.5 Å². The van der Waals surface area contributed by atoms with Gasteiger partial charge in [-0.05, 0) is 6.07 Å². The molecule has 0 aromatic carbocycles. The molecule has 0 bridgehead atoms. The van der Waals surface area contributed by atoms with Crippen molar-refractivity contribution < 1.29 is 13.2 Å². The molecule has 0 spiro atoms. The first-order chi connectivity index (χ1) is 9.45. The largest absolute Gasteiger partial charge is 0.323 e. The van der Waals surface area contributed by atoms with Gasteiger partial charge in [0.15, 0.2) is 9.84 Å². The van der Waals surface area contributed by atoms with E-state index in [1.54, 1.807) is 6.07 Å². The van der Waals surface area contributed by atoms with E-state index >= 15 is 0 Å². The van der Waals surface area contributed by atoms with E-state index in [0.717, 1.165) is 6.26 Å². The minimum atomic E-state index is -3.34. The van der Waals surface area contributed by atoms with Crippen LogP contribution in [0.15, 0.2) is 18.5 Å². The van der Waals surface area contributed by atoms with Crippen molar-refractivity contribution in [2.75, 3.05) is 29.7 Å². The van der Waals surface area contributed by atoms with Gasteiger partial charge in [-0.2, -0.15) is 11.8 Å². The zero-order valence-corrected chi connectivity index (χ0v) is 12.6. The molecule has 110 valence electrons. The van der Waals surface area contributed by atoms with Gasteiger partial charge in [-0.15, -0.1) is 0 Å². The van der Waals surface area contributed by atoms with Crippen molar-refractivity contribution in [3.63, 3.8) is 0 Å². The van der Waals surface area contributed by atoms with Crippen molar-refractivity contribution in [1.82, 2.24) is 9.88 Å². The highest BCUT2D eigenvalue weighted by Gasteiger charge is 2.35. The molecule has 1 aromatic heterocycles. The Morgan fingerprint density at radius 3 is 3.00 bits per heavy atom. The first-order valence-electron chi connectivity index (χ1n) is 5.93. The maximum absolute atomic E-state index is 12.6. The number of hydrogen-bond donors (Lipinski definition) is 2. The van der Waals surface area contributed by atoms with Gasteiger partial charge in [0.2, 0.25) is 0 Å². The molecule has 9 heteroatoms. The molecular formula is C11H16N4O3S2. The Labute approximate surface area is 121 Å². The second-order valence-electron chi connectivity index (χ2n) is 4.42. The van der Waals surface area contributed by atoms with Crippen molar-refractivity contribution in [3.8, 4) is 0 Å². The fourth-order valence-electron chi connectivity index (χ4n) is 2.01. The van der Waals surface area contributed by atoms with Gasteiger partial charge in [0.25, 0.3) is 5.91 Å². The zero-order valence-electron chi connectivity index (χ0n) is 10.9. The third kappa shape index (κ3) is 3.05. The van der Waals surface area contributed by atoms with Crippen LogP contribution >= 0.6 is 11.8 Å². The van der Waals surface area contributed by atoms with Gasteiger partial charge in [-0.3, -0.25) is 15.6 Å². The number of carbonyl (C=O) groups is 1. The molecular weight excluding hydrogens is 300 g/mol. The van der Waals surface area contributed by atoms with Crippen LogP contribution in [0.25, 0.3) is 0 Å². The molecule has 1 saturated heterocycles. The van der Waals surface area contributed by atoms with Crippen molar-refractivity contribution in [2.45, 2.75) is 5.37 Å². The van der Waals surface area contributed by atoms with Crippen molar-refractivity contribution in [3.05, 3.63) is 24.0 Å². The Hall–Kier alpha value is -1.32. The molecule has 0 radical (unpaired) electrons. The Bertz CT molecular complexity index is 605. The average Bonchev–Trinajstić information content (AvgIpc) is 2.45. The number of hydrogen-bond acceptors (Lipinski definition) is 7. The Morgan fingerprint density at radius 2 is 2.35 bits per heavy atom. The molecule has 1 aliphatic heterocycles. The first-order valence-corrected chi connectivity index (χ1v) is 9.04. The number of anilines is 1. The molecule has 1 fully saturated rings. The number of hydrazine groups is 1. The smallest absolute Gasteiger partial charge is 0.258 e. The van der Waals surface area contributed by atoms with Crippen LogP contribution in [0.1, 0.15) is 10.4 Å². The summed E-state index contributed by atoms with van der Waals surface area (Å²) in [6, 6.07) is 1.57. The van der Waals surface area contributed by atoms with Gasteiger partial charge in [-0.1, -0.05) is 0 Å². The minimum Gasteiger partial charge on any atom is -0.323 e. The number of amides is 1. The van der Waals surface area contributed by atoms with Gasteiger partial charge in [0, 0.05) is 36.7 Å². The number of aromatic nitrogens is 1. The highest BCUT2D eigenvalue weighted by Crippen LogP contribution is 2.24. The van der Waals surface area contributed by atoms with Crippen LogP contribution in [-0.2, 0) is 9.84 Å². The summed E-state index contributed by atoms with van der Waals surface area (Å²) < 4.78 is 23.6. The summed E-state index contributed by atoms with van der Waals surface area (Å²) in [5.74, 6) is 6.09.